The van der Waals surface area contributed by atoms with Gasteiger partial charge in [-0.3, -0.25) is 4.99 Å². The van der Waals surface area contributed by atoms with E-state index in [0.717, 1.165) is 36.9 Å². The van der Waals surface area contributed by atoms with Crippen LogP contribution in [0.5, 0.6) is 0 Å². The second kappa shape index (κ2) is 6.07. The predicted molar refractivity (Wildman–Crippen MR) is 94.7 cm³/mol. The highest BCUT2D eigenvalue weighted by atomic mass is 15.2. The molecule has 1 aromatic rings. The molecular formula is C19H25N3. The molecule has 2 aliphatic rings. The number of aliphatic imine (C=N–C) groups is 2. The van der Waals surface area contributed by atoms with Gasteiger partial charge in [-0.15, -0.1) is 0 Å². The van der Waals surface area contributed by atoms with Gasteiger partial charge in [0.1, 0.15) is 11.5 Å². The molecule has 0 aromatic heterocycles. The van der Waals surface area contributed by atoms with Gasteiger partial charge < -0.3 is 4.90 Å². The van der Waals surface area contributed by atoms with Crippen molar-refractivity contribution in [3.63, 3.8) is 0 Å². The first-order valence-electron chi connectivity index (χ1n) is 8.25. The van der Waals surface area contributed by atoms with Crippen molar-refractivity contribution >= 4 is 17.2 Å². The Labute approximate surface area is 133 Å². The molecule has 3 heteroatoms. The molecule has 3 rings (SSSR count). The fourth-order valence-corrected chi connectivity index (χ4v) is 3.12. The van der Waals surface area contributed by atoms with E-state index < -0.39 is 0 Å². The lowest BCUT2D eigenvalue weighted by Crippen LogP contribution is -2.35. The summed E-state index contributed by atoms with van der Waals surface area (Å²) >= 11 is 0. The molecular weight excluding hydrogens is 270 g/mol. The Bertz CT molecular complexity index is 624. The first-order valence-corrected chi connectivity index (χ1v) is 8.25. The Morgan fingerprint density at radius 3 is 2.41 bits per heavy atom. The molecule has 1 aromatic carbocycles. The van der Waals surface area contributed by atoms with Crippen molar-refractivity contribution in [3.8, 4) is 0 Å². The summed E-state index contributed by atoms with van der Waals surface area (Å²) in [5, 5.41) is 0. The van der Waals surface area contributed by atoms with Gasteiger partial charge in [0.2, 0.25) is 0 Å². The maximum Gasteiger partial charge on any atom is 0.150 e. The lowest BCUT2D eigenvalue weighted by molar-refractivity contribution is 0.509. The predicted octanol–water partition coefficient (Wildman–Crippen LogP) is 4.29. The topological polar surface area (TPSA) is 28.0 Å². The molecule has 0 radical (unpaired) electrons. The number of amidine groups is 1. The van der Waals surface area contributed by atoms with Gasteiger partial charge in [-0.05, 0) is 29.0 Å². The number of hydrogen-bond donors (Lipinski definition) is 0. The largest absolute Gasteiger partial charge is 0.350 e. The Kier molecular flexibility index (Phi) is 4.14. The fourth-order valence-electron chi connectivity index (χ4n) is 3.12. The van der Waals surface area contributed by atoms with Crippen molar-refractivity contribution < 1.29 is 0 Å². The SMILES string of the molecule is CC(C)c1cccc(C(C)C)c1N=C1C=CCN2CCN=C12. The minimum atomic E-state index is 0.465. The third-order valence-corrected chi connectivity index (χ3v) is 4.34. The number of rotatable bonds is 3. The van der Waals surface area contributed by atoms with Gasteiger partial charge in [0.25, 0.3) is 0 Å². The average Bonchev–Trinajstić information content (AvgIpc) is 2.96. The Morgan fingerprint density at radius 1 is 1.09 bits per heavy atom. The second-order valence-electron chi connectivity index (χ2n) is 6.65. The highest BCUT2D eigenvalue weighted by Gasteiger charge is 2.23. The Balaban J connectivity index is 2.13. The van der Waals surface area contributed by atoms with E-state index in [1.807, 2.05) is 0 Å². The van der Waals surface area contributed by atoms with Crippen molar-refractivity contribution in [2.45, 2.75) is 39.5 Å². The molecule has 0 N–H and O–H groups in total. The summed E-state index contributed by atoms with van der Waals surface area (Å²) in [6.45, 7) is 11.8. The first-order chi connectivity index (χ1) is 10.6. The maximum absolute atomic E-state index is 5.06. The second-order valence-corrected chi connectivity index (χ2v) is 6.65. The van der Waals surface area contributed by atoms with Gasteiger partial charge in [-0.25, -0.2) is 4.99 Å². The van der Waals surface area contributed by atoms with Crippen LogP contribution >= 0.6 is 0 Å². The molecule has 3 nitrogen and oxygen atoms in total. The van der Waals surface area contributed by atoms with Crippen molar-refractivity contribution in [2.75, 3.05) is 19.6 Å². The standard InChI is InChI=1S/C19H25N3/c1-13(2)15-7-5-8-16(14(3)4)18(15)21-17-9-6-11-22-12-10-20-19(17)22/h5-9,13-14H,10-12H2,1-4H3. The average molecular weight is 295 g/mol. The molecule has 0 atom stereocenters. The van der Waals surface area contributed by atoms with Crippen LogP contribution in [-0.2, 0) is 0 Å². The van der Waals surface area contributed by atoms with Crippen LogP contribution in [0.2, 0.25) is 0 Å². The van der Waals surface area contributed by atoms with Gasteiger partial charge in [-0.2, -0.15) is 0 Å². The summed E-state index contributed by atoms with van der Waals surface area (Å²) in [6, 6.07) is 6.57. The number of benzene rings is 1. The van der Waals surface area contributed by atoms with E-state index in [9.17, 15) is 0 Å². The number of para-hydroxylation sites is 1. The lowest BCUT2D eigenvalue weighted by Gasteiger charge is -2.23. The monoisotopic (exact) mass is 295 g/mol. The number of nitrogens with zero attached hydrogens (tertiary/aromatic N) is 3. The lowest BCUT2D eigenvalue weighted by atomic mass is 9.93. The fraction of sp³-hybridized carbons (Fsp3) is 0.474. The van der Waals surface area contributed by atoms with Crippen molar-refractivity contribution in [2.24, 2.45) is 9.98 Å². The van der Waals surface area contributed by atoms with E-state index in [0.29, 0.717) is 11.8 Å². The van der Waals surface area contributed by atoms with Crippen molar-refractivity contribution in [1.29, 1.82) is 0 Å². The molecule has 0 unspecified atom stereocenters. The summed E-state index contributed by atoms with van der Waals surface area (Å²) in [4.78, 5) is 12.0. The summed E-state index contributed by atoms with van der Waals surface area (Å²) < 4.78 is 0. The van der Waals surface area contributed by atoms with E-state index in [4.69, 9.17) is 4.99 Å². The Hall–Kier alpha value is -1.90. The van der Waals surface area contributed by atoms with E-state index in [2.05, 4.69) is 67.9 Å². The smallest absolute Gasteiger partial charge is 0.150 e. The molecule has 116 valence electrons. The Morgan fingerprint density at radius 2 is 1.77 bits per heavy atom. The van der Waals surface area contributed by atoms with Crippen LogP contribution in [0.25, 0.3) is 0 Å². The van der Waals surface area contributed by atoms with Crippen LogP contribution in [0.3, 0.4) is 0 Å². The summed E-state index contributed by atoms with van der Waals surface area (Å²) in [5.74, 6) is 2.00. The summed E-state index contributed by atoms with van der Waals surface area (Å²) in [6.07, 6.45) is 4.32. The summed E-state index contributed by atoms with van der Waals surface area (Å²) in [7, 11) is 0. The molecule has 0 spiro atoms. The zero-order chi connectivity index (χ0) is 15.7. The number of fused-ring (bicyclic) bond motifs is 1. The first kappa shape index (κ1) is 15.0. The molecule has 0 fully saturated rings. The maximum atomic E-state index is 5.06. The quantitative estimate of drug-likeness (QED) is 0.817. The highest BCUT2D eigenvalue weighted by Crippen LogP contribution is 2.35. The zero-order valence-corrected chi connectivity index (χ0v) is 14.0. The van der Waals surface area contributed by atoms with E-state index in [1.165, 1.54) is 11.1 Å². The minimum absolute atomic E-state index is 0.465. The molecule has 0 saturated carbocycles. The van der Waals surface area contributed by atoms with Gasteiger partial charge in [0.15, 0.2) is 0 Å². The van der Waals surface area contributed by atoms with Gasteiger partial charge >= 0.3 is 0 Å². The molecule has 2 aliphatic heterocycles. The molecule has 22 heavy (non-hydrogen) atoms. The van der Waals surface area contributed by atoms with Crippen LogP contribution in [-0.4, -0.2) is 36.1 Å². The van der Waals surface area contributed by atoms with Crippen LogP contribution in [0, 0.1) is 0 Å². The normalized spacial score (nSPS) is 19.3. The van der Waals surface area contributed by atoms with Gasteiger partial charge in [-0.1, -0.05) is 52.0 Å². The molecule has 0 saturated heterocycles. The molecule has 0 aliphatic carbocycles. The van der Waals surface area contributed by atoms with E-state index in [1.54, 1.807) is 0 Å². The highest BCUT2D eigenvalue weighted by molar-refractivity contribution is 6.47. The number of hydrogen-bond acceptors (Lipinski definition) is 3. The minimum Gasteiger partial charge on any atom is -0.350 e. The van der Waals surface area contributed by atoms with Gasteiger partial charge in [0, 0.05) is 13.1 Å². The van der Waals surface area contributed by atoms with Crippen molar-refractivity contribution in [3.05, 3.63) is 41.5 Å². The van der Waals surface area contributed by atoms with Crippen LogP contribution in [0.1, 0.15) is 50.7 Å². The van der Waals surface area contributed by atoms with Crippen LogP contribution < -0.4 is 0 Å². The molecule has 0 bridgehead atoms. The van der Waals surface area contributed by atoms with Crippen molar-refractivity contribution in [1.82, 2.24) is 4.90 Å². The third kappa shape index (κ3) is 2.72. The van der Waals surface area contributed by atoms with Crippen LogP contribution in [0.4, 0.5) is 5.69 Å². The van der Waals surface area contributed by atoms with E-state index >= 15 is 0 Å². The molecule has 2 heterocycles. The third-order valence-electron chi connectivity index (χ3n) is 4.34. The molecule has 0 amide bonds. The summed E-state index contributed by atoms with van der Waals surface area (Å²) in [5.41, 5.74) is 4.80. The zero-order valence-electron chi connectivity index (χ0n) is 14.0. The van der Waals surface area contributed by atoms with Crippen LogP contribution in [0.15, 0.2) is 40.3 Å². The van der Waals surface area contributed by atoms with E-state index in [-0.39, 0.29) is 0 Å². The van der Waals surface area contributed by atoms with Gasteiger partial charge in [0.05, 0.1) is 12.2 Å².